The van der Waals surface area contributed by atoms with Gasteiger partial charge in [-0.05, 0) is 65.4 Å². The molecule has 0 fully saturated rings. The molecule has 0 spiro atoms. The fourth-order valence-corrected chi connectivity index (χ4v) is 4.51. The average molecular weight is 372 g/mol. The molecule has 2 aromatic carbocycles. The van der Waals surface area contributed by atoms with E-state index in [9.17, 15) is 9.18 Å². The molecule has 5 heteroatoms. The van der Waals surface area contributed by atoms with Crippen LogP contribution in [0.25, 0.3) is 0 Å². The van der Waals surface area contributed by atoms with Crippen molar-refractivity contribution < 1.29 is 9.18 Å². The second-order valence-electron chi connectivity index (χ2n) is 6.02. The highest BCUT2D eigenvalue weighted by atomic mass is 35.5. The lowest BCUT2D eigenvalue weighted by atomic mass is 9.94. The first-order chi connectivity index (χ1) is 12.1. The zero-order valence-corrected chi connectivity index (χ0v) is 14.9. The van der Waals surface area contributed by atoms with E-state index in [1.165, 1.54) is 17.7 Å². The number of nitrogens with zero attached hydrogens (tertiary/aromatic N) is 1. The van der Waals surface area contributed by atoms with E-state index < -0.39 is 0 Å². The highest BCUT2D eigenvalue weighted by Gasteiger charge is 2.33. The van der Waals surface area contributed by atoms with E-state index in [0.717, 1.165) is 16.9 Å². The molecule has 0 aliphatic carbocycles. The van der Waals surface area contributed by atoms with Crippen molar-refractivity contribution in [3.63, 3.8) is 0 Å². The van der Waals surface area contributed by atoms with E-state index in [1.54, 1.807) is 41.7 Å². The Hall–Kier alpha value is -2.17. The number of hydrogen-bond donors (Lipinski definition) is 0. The number of hydrogen-bond acceptors (Lipinski definition) is 2. The van der Waals surface area contributed by atoms with Gasteiger partial charge in [0.1, 0.15) is 5.82 Å². The summed E-state index contributed by atoms with van der Waals surface area (Å²) in [7, 11) is 0. The first kappa shape index (κ1) is 16.3. The molecule has 0 bridgehead atoms. The maximum absolute atomic E-state index is 13.8. The van der Waals surface area contributed by atoms with Gasteiger partial charge in [0.25, 0.3) is 5.91 Å². The van der Waals surface area contributed by atoms with Crippen LogP contribution in [0.1, 0.15) is 32.4 Å². The molecule has 0 saturated heterocycles. The van der Waals surface area contributed by atoms with E-state index in [1.807, 2.05) is 16.3 Å². The van der Waals surface area contributed by atoms with Gasteiger partial charge in [-0.1, -0.05) is 23.7 Å². The summed E-state index contributed by atoms with van der Waals surface area (Å²) in [5.74, 6) is -0.356. The number of carbonyl (C=O) groups excluding carboxylic acids is 1. The van der Waals surface area contributed by atoms with Crippen molar-refractivity contribution in [2.45, 2.75) is 12.5 Å². The van der Waals surface area contributed by atoms with Crippen molar-refractivity contribution in [3.05, 3.63) is 92.4 Å². The van der Waals surface area contributed by atoms with Gasteiger partial charge in [-0.3, -0.25) is 4.79 Å². The summed E-state index contributed by atoms with van der Waals surface area (Å²) in [5, 5.41) is 2.63. The Morgan fingerprint density at radius 3 is 2.72 bits per heavy atom. The first-order valence-electron chi connectivity index (χ1n) is 8.02. The molecule has 1 aromatic heterocycles. The Morgan fingerprint density at radius 2 is 1.96 bits per heavy atom. The fraction of sp³-hybridized carbons (Fsp3) is 0.150. The third-order valence-electron chi connectivity index (χ3n) is 4.48. The molecule has 0 radical (unpaired) electrons. The Morgan fingerprint density at radius 1 is 1.16 bits per heavy atom. The van der Waals surface area contributed by atoms with E-state index >= 15 is 0 Å². The summed E-state index contributed by atoms with van der Waals surface area (Å²) in [6.07, 6.45) is 0.810. The number of fused-ring (bicyclic) bond motifs is 1. The zero-order chi connectivity index (χ0) is 17.4. The summed E-state index contributed by atoms with van der Waals surface area (Å²) in [5.41, 5.74) is 2.62. The highest BCUT2D eigenvalue weighted by Crippen LogP contribution is 2.39. The average Bonchev–Trinajstić information content (AvgIpc) is 3.09. The van der Waals surface area contributed by atoms with Crippen LogP contribution < -0.4 is 0 Å². The van der Waals surface area contributed by atoms with Crippen molar-refractivity contribution in [2.75, 3.05) is 6.54 Å². The SMILES string of the molecule is O=C(c1ccc(Cl)cc1)N1CCc2ccsc2C1c1cccc(F)c1. The van der Waals surface area contributed by atoms with Gasteiger partial charge >= 0.3 is 0 Å². The first-order valence-corrected chi connectivity index (χ1v) is 9.27. The third kappa shape index (κ3) is 3.08. The summed E-state index contributed by atoms with van der Waals surface area (Å²) in [6.45, 7) is 0.604. The number of halogens is 2. The quantitative estimate of drug-likeness (QED) is 0.596. The van der Waals surface area contributed by atoms with Crippen LogP contribution in [-0.2, 0) is 6.42 Å². The molecule has 1 atom stereocenters. The van der Waals surface area contributed by atoms with Crippen LogP contribution in [-0.4, -0.2) is 17.4 Å². The lowest BCUT2D eigenvalue weighted by Gasteiger charge is -2.36. The Kier molecular flexibility index (Phi) is 4.32. The van der Waals surface area contributed by atoms with Gasteiger partial charge in [0.2, 0.25) is 0 Å². The topological polar surface area (TPSA) is 20.3 Å². The largest absolute Gasteiger partial charge is 0.326 e. The van der Waals surface area contributed by atoms with Gasteiger partial charge in [0, 0.05) is 22.0 Å². The maximum Gasteiger partial charge on any atom is 0.254 e. The van der Waals surface area contributed by atoms with Gasteiger partial charge in [0.05, 0.1) is 6.04 Å². The molecule has 0 saturated carbocycles. The standard InChI is InChI=1S/C20H15ClFNOS/c21-16-6-4-14(5-7-16)20(24)23-10-8-13-9-11-25-19(13)18(23)15-2-1-3-17(22)12-15/h1-7,9,11-12,18H,8,10H2. The van der Waals surface area contributed by atoms with E-state index in [0.29, 0.717) is 17.1 Å². The number of thiophene rings is 1. The minimum Gasteiger partial charge on any atom is -0.326 e. The normalized spacial score (nSPS) is 16.6. The second-order valence-corrected chi connectivity index (χ2v) is 7.41. The van der Waals surface area contributed by atoms with Gasteiger partial charge in [-0.15, -0.1) is 11.3 Å². The predicted octanol–water partition coefficient (Wildman–Crippen LogP) is 5.33. The minimum absolute atomic E-state index is 0.0648. The molecule has 0 N–H and O–H groups in total. The molecule has 126 valence electrons. The molecular weight excluding hydrogens is 357 g/mol. The smallest absolute Gasteiger partial charge is 0.254 e. The van der Waals surface area contributed by atoms with E-state index in [4.69, 9.17) is 11.6 Å². The zero-order valence-electron chi connectivity index (χ0n) is 13.3. The van der Waals surface area contributed by atoms with E-state index in [2.05, 4.69) is 6.07 Å². The Labute approximate surface area is 154 Å². The number of benzene rings is 2. The summed E-state index contributed by atoms with van der Waals surface area (Å²) < 4.78 is 13.8. The van der Waals surface area contributed by atoms with Crippen molar-refractivity contribution >= 4 is 28.8 Å². The molecule has 1 aliphatic heterocycles. The van der Waals surface area contributed by atoms with Crippen molar-refractivity contribution in [1.82, 2.24) is 4.90 Å². The molecule has 1 aliphatic rings. The fourth-order valence-electron chi connectivity index (χ4n) is 3.29. The van der Waals surface area contributed by atoms with Crippen LogP contribution in [0.4, 0.5) is 4.39 Å². The number of amides is 1. The Balaban J connectivity index is 1.78. The van der Waals surface area contributed by atoms with Crippen LogP contribution in [0.5, 0.6) is 0 Å². The molecule has 1 amide bonds. The van der Waals surface area contributed by atoms with Crippen molar-refractivity contribution in [1.29, 1.82) is 0 Å². The number of rotatable bonds is 2. The van der Waals surface area contributed by atoms with Gasteiger partial charge < -0.3 is 4.90 Å². The molecule has 2 nitrogen and oxygen atoms in total. The van der Waals surface area contributed by atoms with Crippen LogP contribution >= 0.6 is 22.9 Å². The lowest BCUT2D eigenvalue weighted by Crippen LogP contribution is -2.40. The lowest BCUT2D eigenvalue weighted by molar-refractivity contribution is 0.0698. The van der Waals surface area contributed by atoms with Gasteiger partial charge in [-0.25, -0.2) is 4.39 Å². The van der Waals surface area contributed by atoms with Crippen molar-refractivity contribution in [3.8, 4) is 0 Å². The molecule has 2 heterocycles. The van der Waals surface area contributed by atoms with Crippen LogP contribution in [0.2, 0.25) is 5.02 Å². The van der Waals surface area contributed by atoms with Crippen LogP contribution in [0, 0.1) is 5.82 Å². The van der Waals surface area contributed by atoms with Crippen LogP contribution in [0.3, 0.4) is 0 Å². The third-order valence-corrected chi connectivity index (χ3v) is 5.74. The second kappa shape index (κ2) is 6.62. The monoisotopic (exact) mass is 371 g/mol. The summed E-state index contributed by atoms with van der Waals surface area (Å²) in [4.78, 5) is 16.0. The maximum atomic E-state index is 13.8. The highest BCUT2D eigenvalue weighted by molar-refractivity contribution is 7.10. The van der Waals surface area contributed by atoms with Gasteiger partial charge in [-0.2, -0.15) is 0 Å². The summed E-state index contributed by atoms with van der Waals surface area (Å²) >= 11 is 7.55. The van der Waals surface area contributed by atoms with E-state index in [-0.39, 0.29) is 17.8 Å². The van der Waals surface area contributed by atoms with Crippen molar-refractivity contribution in [2.24, 2.45) is 0 Å². The molecule has 3 aromatic rings. The number of carbonyl (C=O) groups is 1. The van der Waals surface area contributed by atoms with Gasteiger partial charge in [0.15, 0.2) is 0 Å². The minimum atomic E-state index is -0.292. The molecule has 1 unspecified atom stereocenters. The van der Waals surface area contributed by atoms with Crippen LogP contribution in [0.15, 0.2) is 60.0 Å². The summed E-state index contributed by atoms with van der Waals surface area (Å²) in [6, 6.07) is 15.2. The molecule has 25 heavy (non-hydrogen) atoms. The molecule has 4 rings (SSSR count). The Bertz CT molecular complexity index is 921. The predicted molar refractivity (Wildman–Crippen MR) is 98.8 cm³/mol. The molecular formula is C20H15ClFNOS.